The summed E-state index contributed by atoms with van der Waals surface area (Å²) >= 11 is 8.59. The van der Waals surface area contributed by atoms with Crippen LogP contribution in [0, 0.1) is 11.7 Å². The number of thiocarbonyl (C=S) groups is 1. The predicted molar refractivity (Wildman–Crippen MR) is 121 cm³/mol. The van der Waals surface area contributed by atoms with Gasteiger partial charge in [0.2, 0.25) is 5.78 Å². The lowest BCUT2D eigenvalue weighted by Crippen LogP contribution is -2.46. The Morgan fingerprint density at radius 2 is 1.93 bits per heavy atom. The van der Waals surface area contributed by atoms with Gasteiger partial charge in [-0.05, 0) is 64.8 Å². The number of hydrogen-bond donors (Lipinski definition) is 2. The van der Waals surface area contributed by atoms with Gasteiger partial charge in [0, 0.05) is 25.6 Å². The van der Waals surface area contributed by atoms with Gasteiger partial charge in [-0.3, -0.25) is 4.79 Å². The molecule has 0 amide bonds. The van der Waals surface area contributed by atoms with Gasteiger partial charge in [-0.15, -0.1) is 0 Å². The van der Waals surface area contributed by atoms with E-state index in [9.17, 15) is 9.18 Å². The van der Waals surface area contributed by atoms with Crippen LogP contribution in [0.15, 0.2) is 58.0 Å². The number of nitrogens with zero attached hydrogens (tertiary/aromatic N) is 2. The van der Waals surface area contributed by atoms with Crippen molar-refractivity contribution in [2.45, 2.75) is 19.4 Å². The highest BCUT2D eigenvalue weighted by molar-refractivity contribution is 9.10. The second kappa shape index (κ2) is 9.93. The van der Waals surface area contributed by atoms with E-state index in [-0.39, 0.29) is 22.0 Å². The van der Waals surface area contributed by atoms with Crippen LogP contribution in [0.3, 0.4) is 0 Å². The van der Waals surface area contributed by atoms with Crippen molar-refractivity contribution >= 4 is 50.6 Å². The quantitative estimate of drug-likeness (QED) is 0.388. The first-order valence-electron chi connectivity index (χ1n) is 9.34. The highest BCUT2D eigenvalue weighted by atomic mass is 79.9. The number of hydrogen-bond acceptors (Lipinski definition) is 3. The number of rotatable bonds is 5. The van der Waals surface area contributed by atoms with E-state index in [1.54, 1.807) is 0 Å². The van der Waals surface area contributed by atoms with E-state index in [1.165, 1.54) is 18.2 Å². The zero-order valence-electron chi connectivity index (χ0n) is 15.8. The van der Waals surface area contributed by atoms with Crippen molar-refractivity contribution in [3.05, 3.63) is 64.4 Å². The lowest BCUT2D eigenvalue weighted by atomic mass is 9.92. The summed E-state index contributed by atoms with van der Waals surface area (Å²) in [5, 5.41) is 3.96. The third-order valence-corrected chi connectivity index (χ3v) is 5.85. The Hall–Kier alpha value is -2.32. The van der Waals surface area contributed by atoms with Crippen LogP contribution < -0.4 is 11.1 Å². The van der Waals surface area contributed by atoms with Crippen molar-refractivity contribution in [2.75, 3.05) is 13.1 Å². The minimum absolute atomic E-state index is 0.0493. The molecule has 3 N–H and O–H groups in total. The Morgan fingerprint density at radius 1 is 1.24 bits per heavy atom. The van der Waals surface area contributed by atoms with Crippen molar-refractivity contribution in [1.29, 1.82) is 0 Å². The number of Topliss-reactive ketones (excluding diaryl/α,β-unsaturated/α-hetero) is 1. The van der Waals surface area contributed by atoms with Crippen molar-refractivity contribution in [2.24, 2.45) is 16.6 Å². The number of piperidine rings is 1. The predicted octanol–water partition coefficient (Wildman–Crippen LogP) is 3.93. The number of nitrogens with two attached hydrogens (primary N) is 1. The molecule has 152 valence electrons. The van der Waals surface area contributed by atoms with Crippen LogP contribution >= 0.6 is 28.1 Å². The Kier molecular flexibility index (Phi) is 7.33. The van der Waals surface area contributed by atoms with Gasteiger partial charge >= 0.3 is 0 Å². The molecule has 29 heavy (non-hydrogen) atoms. The maximum absolute atomic E-state index is 13.3. The van der Waals surface area contributed by atoms with Crippen molar-refractivity contribution in [3.63, 3.8) is 0 Å². The van der Waals surface area contributed by atoms with Gasteiger partial charge in [-0.2, -0.15) is 0 Å². The first-order chi connectivity index (χ1) is 13.9. The molecule has 0 unspecified atom stereocenters. The zero-order valence-corrected chi connectivity index (χ0v) is 18.2. The molecule has 1 fully saturated rings. The molecule has 1 aliphatic heterocycles. The molecule has 1 heterocycles. The maximum Gasteiger partial charge on any atom is 0.200 e. The van der Waals surface area contributed by atoms with Gasteiger partial charge in [-0.25, -0.2) is 9.38 Å². The highest BCUT2D eigenvalue weighted by Crippen LogP contribution is 2.23. The van der Waals surface area contributed by atoms with Crippen LogP contribution in [0.2, 0.25) is 0 Å². The molecule has 0 atom stereocenters. The first-order valence-corrected chi connectivity index (χ1v) is 10.5. The molecule has 0 aliphatic carbocycles. The summed E-state index contributed by atoms with van der Waals surface area (Å²) < 4.78 is 13.6. The number of carbonyl (C=O) groups is 1. The van der Waals surface area contributed by atoms with Crippen LogP contribution in [-0.2, 0) is 11.3 Å². The van der Waals surface area contributed by atoms with E-state index in [2.05, 4.69) is 31.1 Å². The van der Waals surface area contributed by atoms with E-state index < -0.39 is 5.82 Å². The van der Waals surface area contributed by atoms with Crippen molar-refractivity contribution in [1.82, 2.24) is 10.2 Å². The van der Waals surface area contributed by atoms with Crippen LogP contribution in [-0.4, -0.2) is 34.7 Å². The molecule has 0 saturated carbocycles. The van der Waals surface area contributed by atoms with Crippen LogP contribution in [0.4, 0.5) is 10.1 Å². The Bertz CT molecular complexity index is 914. The van der Waals surface area contributed by atoms with E-state index in [1.807, 2.05) is 30.3 Å². The lowest BCUT2D eigenvalue weighted by Gasteiger charge is -2.33. The smallest absolute Gasteiger partial charge is 0.200 e. The minimum Gasteiger partial charge on any atom is -0.381 e. The SMILES string of the molecule is NC(=Nc1ccc(F)c(Br)c1)C(=O)C1CCN(C(=S)NCc2ccccc2)CC1. The second-order valence-electron chi connectivity index (χ2n) is 6.87. The Morgan fingerprint density at radius 3 is 2.59 bits per heavy atom. The average Bonchev–Trinajstić information content (AvgIpc) is 2.75. The fourth-order valence-corrected chi connectivity index (χ4v) is 3.81. The molecule has 0 radical (unpaired) electrons. The number of carbonyl (C=O) groups excluding carboxylic acids is 1. The lowest BCUT2D eigenvalue weighted by molar-refractivity contribution is -0.117. The standard InChI is InChI=1S/C21H22BrFN4OS/c22-17-12-16(6-7-18(17)23)26-20(24)19(28)15-8-10-27(11-9-15)21(29)25-13-14-4-2-1-3-5-14/h1-7,12,15H,8-11,13H2,(H2,24,26)(H,25,29). The Balaban J connectivity index is 1.51. The van der Waals surface area contributed by atoms with Crippen LogP contribution in [0.1, 0.15) is 18.4 Å². The van der Waals surface area contributed by atoms with Gasteiger partial charge in [0.1, 0.15) is 5.82 Å². The molecule has 2 aromatic carbocycles. The first kappa shape index (κ1) is 21.4. The fraction of sp³-hybridized carbons (Fsp3) is 0.286. The summed E-state index contributed by atoms with van der Waals surface area (Å²) in [5.41, 5.74) is 7.52. The molecule has 8 heteroatoms. The van der Waals surface area contributed by atoms with Crippen molar-refractivity contribution < 1.29 is 9.18 Å². The summed E-state index contributed by atoms with van der Waals surface area (Å²) in [7, 11) is 0. The molecular formula is C21H22BrFN4OS. The molecule has 0 aromatic heterocycles. The normalized spacial score (nSPS) is 15.2. The molecule has 0 spiro atoms. The third-order valence-electron chi connectivity index (χ3n) is 4.84. The highest BCUT2D eigenvalue weighted by Gasteiger charge is 2.28. The Labute approximate surface area is 183 Å². The number of nitrogens with one attached hydrogen (secondary N) is 1. The number of benzene rings is 2. The number of amidine groups is 1. The van der Waals surface area contributed by atoms with E-state index in [4.69, 9.17) is 18.0 Å². The summed E-state index contributed by atoms with van der Waals surface area (Å²) in [5.74, 6) is -0.797. The molecule has 5 nitrogen and oxygen atoms in total. The van der Waals surface area contributed by atoms with E-state index >= 15 is 0 Å². The average molecular weight is 477 g/mol. The topological polar surface area (TPSA) is 70.7 Å². The zero-order chi connectivity index (χ0) is 20.8. The number of likely N-dealkylation sites (tertiary alicyclic amines) is 1. The monoisotopic (exact) mass is 476 g/mol. The van der Waals surface area contributed by atoms with Gasteiger partial charge in [0.05, 0.1) is 10.2 Å². The summed E-state index contributed by atoms with van der Waals surface area (Å²) in [6.45, 7) is 2.05. The van der Waals surface area contributed by atoms with E-state index in [0.717, 1.165) is 5.56 Å². The third kappa shape index (κ3) is 5.83. The van der Waals surface area contributed by atoms with Crippen LogP contribution in [0.5, 0.6) is 0 Å². The summed E-state index contributed by atoms with van der Waals surface area (Å²) in [6, 6.07) is 14.3. The summed E-state index contributed by atoms with van der Waals surface area (Å²) in [6.07, 6.45) is 1.32. The summed E-state index contributed by atoms with van der Waals surface area (Å²) in [4.78, 5) is 18.9. The fourth-order valence-electron chi connectivity index (χ4n) is 3.19. The van der Waals surface area contributed by atoms with Gasteiger partial charge in [0.15, 0.2) is 10.9 Å². The van der Waals surface area contributed by atoms with Gasteiger partial charge in [-0.1, -0.05) is 30.3 Å². The van der Waals surface area contributed by atoms with Crippen molar-refractivity contribution in [3.8, 4) is 0 Å². The molecule has 1 saturated heterocycles. The van der Waals surface area contributed by atoms with Gasteiger partial charge in [0.25, 0.3) is 0 Å². The number of ketones is 1. The molecule has 3 rings (SSSR count). The maximum atomic E-state index is 13.3. The largest absolute Gasteiger partial charge is 0.381 e. The van der Waals surface area contributed by atoms with E-state index in [0.29, 0.717) is 43.3 Å². The molecule has 2 aromatic rings. The van der Waals surface area contributed by atoms with Gasteiger partial charge < -0.3 is 16.0 Å². The molecular weight excluding hydrogens is 455 g/mol. The second-order valence-corrected chi connectivity index (χ2v) is 8.11. The number of aliphatic imine (C=N–C) groups is 1. The van der Waals surface area contributed by atoms with Crippen LogP contribution in [0.25, 0.3) is 0 Å². The number of halogens is 2. The molecule has 1 aliphatic rings. The minimum atomic E-state index is -0.391. The molecule has 0 bridgehead atoms.